The summed E-state index contributed by atoms with van der Waals surface area (Å²) in [5.74, 6) is 4.19. The summed E-state index contributed by atoms with van der Waals surface area (Å²) in [6.45, 7) is 6.23. The molecule has 2 N–H and O–H groups in total. The van der Waals surface area contributed by atoms with Crippen LogP contribution in [0.15, 0.2) is 34.4 Å². The molecule has 0 saturated carbocycles. The molecule has 0 saturated heterocycles. The van der Waals surface area contributed by atoms with E-state index in [0.29, 0.717) is 40.8 Å². The molecule has 1 unspecified atom stereocenters. The highest BCUT2D eigenvalue weighted by Crippen LogP contribution is 2.36. The van der Waals surface area contributed by atoms with Crippen molar-refractivity contribution in [2.24, 2.45) is 5.92 Å². The standard InChI is InChI=1S/C25H31N3O4S/c1-5-12-32-15-18(29)13-28(11-10-17(2)3)14-22-26-24(30)23-20(16-33-25(23)27-22)19-8-6-7-9-21(19)31-4/h1,6-9,16-18,29H,10-15H2,2-4H3,(H,26,27,30). The minimum atomic E-state index is -0.681. The Morgan fingerprint density at radius 2 is 2.09 bits per heavy atom. The second kappa shape index (κ2) is 12.0. The van der Waals surface area contributed by atoms with Gasteiger partial charge in [-0.05, 0) is 24.9 Å². The van der Waals surface area contributed by atoms with Crippen molar-refractivity contribution in [1.82, 2.24) is 14.9 Å². The number of aromatic nitrogens is 2. The van der Waals surface area contributed by atoms with Crippen molar-refractivity contribution >= 4 is 21.6 Å². The number of fused-ring (bicyclic) bond motifs is 1. The molecule has 0 radical (unpaired) electrons. The van der Waals surface area contributed by atoms with Gasteiger partial charge in [-0.15, -0.1) is 17.8 Å². The molecule has 1 atom stereocenters. The van der Waals surface area contributed by atoms with E-state index in [1.54, 1.807) is 7.11 Å². The molecule has 0 spiro atoms. The van der Waals surface area contributed by atoms with Gasteiger partial charge in [0.1, 0.15) is 23.0 Å². The number of aliphatic hydroxyl groups is 1. The Morgan fingerprint density at radius 3 is 2.82 bits per heavy atom. The number of rotatable bonds is 12. The largest absolute Gasteiger partial charge is 0.496 e. The lowest BCUT2D eigenvalue weighted by atomic mass is 10.1. The van der Waals surface area contributed by atoms with Gasteiger partial charge < -0.3 is 19.6 Å². The van der Waals surface area contributed by atoms with Crippen molar-refractivity contribution in [3.63, 3.8) is 0 Å². The van der Waals surface area contributed by atoms with E-state index in [-0.39, 0.29) is 18.8 Å². The van der Waals surface area contributed by atoms with Crippen LogP contribution in [0.5, 0.6) is 5.75 Å². The zero-order chi connectivity index (χ0) is 23.8. The normalized spacial score (nSPS) is 12.4. The van der Waals surface area contributed by atoms with Gasteiger partial charge in [0.25, 0.3) is 5.56 Å². The fourth-order valence-electron chi connectivity index (χ4n) is 3.63. The number of aromatic amines is 1. The first kappa shape index (κ1) is 24.9. The number of benzene rings is 1. The summed E-state index contributed by atoms with van der Waals surface area (Å²) in [6.07, 6.45) is 5.48. The van der Waals surface area contributed by atoms with Gasteiger partial charge in [0.15, 0.2) is 0 Å². The second-order valence-corrected chi connectivity index (χ2v) is 9.19. The number of nitrogens with one attached hydrogen (secondary N) is 1. The Kier molecular flexibility index (Phi) is 9.03. The average Bonchev–Trinajstić information content (AvgIpc) is 3.22. The van der Waals surface area contributed by atoms with Gasteiger partial charge in [0.2, 0.25) is 0 Å². The minimum Gasteiger partial charge on any atom is -0.496 e. The predicted molar refractivity (Wildman–Crippen MR) is 133 cm³/mol. The van der Waals surface area contributed by atoms with Crippen LogP contribution in [0.1, 0.15) is 26.1 Å². The number of hydrogen-bond acceptors (Lipinski definition) is 7. The van der Waals surface area contributed by atoms with Gasteiger partial charge in [-0.2, -0.15) is 0 Å². The molecule has 2 aromatic heterocycles. The molecule has 0 aliphatic rings. The zero-order valence-electron chi connectivity index (χ0n) is 19.3. The summed E-state index contributed by atoms with van der Waals surface area (Å²) in [7, 11) is 1.62. The molecule has 3 rings (SSSR count). The number of thiophene rings is 1. The first-order chi connectivity index (χ1) is 15.9. The van der Waals surface area contributed by atoms with E-state index < -0.39 is 6.10 Å². The number of para-hydroxylation sites is 1. The molecule has 1 aromatic carbocycles. The number of nitrogens with zero attached hydrogens (tertiary/aromatic N) is 2. The predicted octanol–water partition coefficient (Wildman–Crippen LogP) is 3.52. The topological polar surface area (TPSA) is 87.7 Å². The molecule has 0 amide bonds. The molecule has 0 bridgehead atoms. The molecule has 0 aliphatic carbocycles. The van der Waals surface area contributed by atoms with E-state index in [0.717, 1.165) is 24.1 Å². The third-order valence-corrected chi connectivity index (χ3v) is 6.12. The Bertz CT molecular complexity index is 1150. The van der Waals surface area contributed by atoms with Crippen LogP contribution in [-0.4, -0.2) is 59.5 Å². The van der Waals surface area contributed by atoms with Gasteiger partial charge in [0, 0.05) is 23.1 Å². The Labute approximate surface area is 198 Å². The van der Waals surface area contributed by atoms with Crippen LogP contribution < -0.4 is 10.3 Å². The van der Waals surface area contributed by atoms with Crippen molar-refractivity contribution in [2.45, 2.75) is 32.9 Å². The first-order valence-electron chi connectivity index (χ1n) is 11.0. The SMILES string of the molecule is C#CCOCC(O)CN(CCC(C)C)Cc1nc2scc(-c3ccccc3OC)c2c(=O)[nH]1. The molecule has 0 fully saturated rings. The summed E-state index contributed by atoms with van der Waals surface area (Å²) in [6, 6.07) is 7.63. The van der Waals surface area contributed by atoms with E-state index in [4.69, 9.17) is 20.9 Å². The van der Waals surface area contributed by atoms with Crippen LogP contribution in [0.3, 0.4) is 0 Å². The van der Waals surface area contributed by atoms with Gasteiger partial charge in [0.05, 0.1) is 31.8 Å². The quantitative estimate of drug-likeness (QED) is 0.312. The maximum Gasteiger partial charge on any atom is 0.260 e. The maximum atomic E-state index is 13.1. The van der Waals surface area contributed by atoms with E-state index >= 15 is 0 Å². The van der Waals surface area contributed by atoms with Gasteiger partial charge in [-0.25, -0.2) is 4.98 Å². The minimum absolute atomic E-state index is 0.165. The van der Waals surface area contributed by atoms with Crippen LogP contribution in [0.25, 0.3) is 21.3 Å². The van der Waals surface area contributed by atoms with Gasteiger partial charge >= 0.3 is 0 Å². The lowest BCUT2D eigenvalue weighted by Gasteiger charge is -2.25. The number of aliphatic hydroxyl groups excluding tert-OH is 1. The van der Waals surface area contributed by atoms with Crippen molar-refractivity contribution < 1.29 is 14.6 Å². The van der Waals surface area contributed by atoms with Crippen molar-refractivity contribution in [1.29, 1.82) is 0 Å². The van der Waals surface area contributed by atoms with Crippen LogP contribution in [0.2, 0.25) is 0 Å². The van der Waals surface area contributed by atoms with Crippen LogP contribution in [0.4, 0.5) is 0 Å². The highest BCUT2D eigenvalue weighted by atomic mass is 32.1. The molecule has 0 aliphatic heterocycles. The van der Waals surface area contributed by atoms with E-state index in [2.05, 4.69) is 29.7 Å². The summed E-state index contributed by atoms with van der Waals surface area (Å²) < 4.78 is 10.7. The summed E-state index contributed by atoms with van der Waals surface area (Å²) in [5, 5.41) is 12.9. The molecule has 2 heterocycles. The van der Waals surface area contributed by atoms with Crippen molar-refractivity contribution in [3.8, 4) is 29.2 Å². The zero-order valence-corrected chi connectivity index (χ0v) is 20.2. The third-order valence-electron chi connectivity index (χ3n) is 5.25. The fraction of sp³-hybridized carbons (Fsp3) is 0.440. The molecule has 176 valence electrons. The van der Waals surface area contributed by atoms with Crippen LogP contribution in [0, 0.1) is 18.3 Å². The smallest absolute Gasteiger partial charge is 0.260 e. The summed E-state index contributed by atoms with van der Waals surface area (Å²) >= 11 is 1.44. The van der Waals surface area contributed by atoms with Crippen molar-refractivity contribution in [3.05, 3.63) is 45.8 Å². The lowest BCUT2D eigenvalue weighted by molar-refractivity contribution is 0.0247. The van der Waals surface area contributed by atoms with E-state index in [1.807, 2.05) is 29.6 Å². The third kappa shape index (κ3) is 6.65. The second-order valence-electron chi connectivity index (χ2n) is 8.33. The number of hydrogen-bond donors (Lipinski definition) is 2. The number of methoxy groups -OCH3 is 1. The highest BCUT2D eigenvalue weighted by Gasteiger charge is 2.18. The Morgan fingerprint density at radius 1 is 1.30 bits per heavy atom. The van der Waals surface area contributed by atoms with Crippen LogP contribution in [-0.2, 0) is 11.3 Å². The number of ether oxygens (including phenoxy) is 2. The lowest BCUT2D eigenvalue weighted by Crippen LogP contribution is -2.36. The molecular formula is C25H31N3O4S. The van der Waals surface area contributed by atoms with E-state index in [1.165, 1.54) is 11.3 Å². The van der Waals surface area contributed by atoms with Gasteiger partial charge in [-0.1, -0.05) is 38.0 Å². The molecule has 3 aromatic rings. The van der Waals surface area contributed by atoms with Crippen molar-refractivity contribution in [2.75, 3.05) is 33.4 Å². The molecule has 8 heteroatoms. The van der Waals surface area contributed by atoms with E-state index in [9.17, 15) is 9.90 Å². The fourth-order valence-corrected chi connectivity index (χ4v) is 4.58. The molecule has 33 heavy (non-hydrogen) atoms. The average molecular weight is 470 g/mol. The monoisotopic (exact) mass is 469 g/mol. The first-order valence-corrected chi connectivity index (χ1v) is 11.9. The Hall–Kier alpha value is -2.70. The summed E-state index contributed by atoms with van der Waals surface area (Å²) in [5.41, 5.74) is 1.49. The number of terminal acetylenes is 1. The number of H-pyrrole nitrogens is 1. The highest BCUT2D eigenvalue weighted by molar-refractivity contribution is 7.17. The molecule has 7 nitrogen and oxygen atoms in total. The van der Waals surface area contributed by atoms with Gasteiger partial charge in [-0.3, -0.25) is 9.69 Å². The maximum absolute atomic E-state index is 13.1. The summed E-state index contributed by atoms with van der Waals surface area (Å²) in [4.78, 5) is 23.5. The van der Waals surface area contributed by atoms with Crippen LogP contribution >= 0.6 is 11.3 Å². The molecular weight excluding hydrogens is 438 g/mol. The Balaban J connectivity index is 1.84.